The number of benzene rings is 2. The standard InChI is InChI=1S/C20H16Cl2N2O4S/c1-2-18-23-24-20(28-18)29-17(19(25)26)10-12-4-3-5-14(8-12)27-11-13-6-7-15(21)16(22)9-13/h3-10H,2,11H2,1H3,(H,25,26)/b17-10-. The third-order valence-electron chi connectivity index (χ3n) is 3.70. The van der Waals surface area contributed by atoms with Crippen LogP contribution in [-0.4, -0.2) is 21.3 Å². The van der Waals surface area contributed by atoms with Gasteiger partial charge in [0.1, 0.15) is 17.3 Å². The number of carboxylic acids is 1. The van der Waals surface area contributed by atoms with Gasteiger partial charge in [0.2, 0.25) is 5.89 Å². The maximum Gasteiger partial charge on any atom is 0.342 e. The van der Waals surface area contributed by atoms with Crippen LogP contribution in [0.5, 0.6) is 5.75 Å². The van der Waals surface area contributed by atoms with Crippen LogP contribution in [0, 0.1) is 0 Å². The third-order valence-corrected chi connectivity index (χ3v) is 5.30. The lowest BCUT2D eigenvalue weighted by Crippen LogP contribution is -1.98. The molecule has 150 valence electrons. The number of hydrogen-bond acceptors (Lipinski definition) is 6. The van der Waals surface area contributed by atoms with Crippen LogP contribution >= 0.6 is 35.0 Å². The predicted octanol–water partition coefficient (Wildman–Crippen LogP) is 5.74. The zero-order valence-electron chi connectivity index (χ0n) is 15.3. The van der Waals surface area contributed by atoms with Crippen molar-refractivity contribution in [2.45, 2.75) is 25.2 Å². The molecule has 1 N–H and O–H groups in total. The first-order valence-corrected chi connectivity index (χ1v) is 10.1. The minimum Gasteiger partial charge on any atom is -0.489 e. The fourth-order valence-corrected chi connectivity index (χ4v) is 3.30. The van der Waals surface area contributed by atoms with Crippen molar-refractivity contribution in [2.75, 3.05) is 0 Å². The zero-order valence-corrected chi connectivity index (χ0v) is 17.6. The van der Waals surface area contributed by atoms with Gasteiger partial charge in [-0.2, -0.15) is 0 Å². The summed E-state index contributed by atoms with van der Waals surface area (Å²) in [7, 11) is 0. The third kappa shape index (κ3) is 6.00. The van der Waals surface area contributed by atoms with Gasteiger partial charge in [0, 0.05) is 6.42 Å². The number of aromatic nitrogens is 2. The molecule has 3 rings (SSSR count). The average molecular weight is 451 g/mol. The summed E-state index contributed by atoms with van der Waals surface area (Å²) in [5, 5.41) is 18.3. The smallest absolute Gasteiger partial charge is 0.342 e. The molecular weight excluding hydrogens is 435 g/mol. The number of aliphatic carboxylic acids is 1. The maximum atomic E-state index is 11.6. The molecule has 9 heteroatoms. The van der Waals surface area contributed by atoms with Crippen molar-refractivity contribution in [1.29, 1.82) is 0 Å². The molecule has 0 spiro atoms. The summed E-state index contributed by atoms with van der Waals surface area (Å²) in [4.78, 5) is 11.7. The highest BCUT2D eigenvalue weighted by Crippen LogP contribution is 2.29. The molecule has 6 nitrogen and oxygen atoms in total. The van der Waals surface area contributed by atoms with Crippen LogP contribution in [0.1, 0.15) is 23.9 Å². The molecule has 0 unspecified atom stereocenters. The molecule has 29 heavy (non-hydrogen) atoms. The first-order chi connectivity index (χ1) is 13.9. The minimum atomic E-state index is -1.09. The van der Waals surface area contributed by atoms with E-state index in [1.807, 2.05) is 13.0 Å². The van der Waals surface area contributed by atoms with Gasteiger partial charge >= 0.3 is 5.97 Å². The van der Waals surface area contributed by atoms with E-state index in [4.69, 9.17) is 32.4 Å². The number of rotatable bonds is 8. The zero-order chi connectivity index (χ0) is 20.8. The van der Waals surface area contributed by atoms with Crippen molar-refractivity contribution < 1.29 is 19.1 Å². The molecule has 3 aromatic rings. The summed E-state index contributed by atoms with van der Waals surface area (Å²) in [5.41, 5.74) is 1.53. The van der Waals surface area contributed by atoms with Crippen molar-refractivity contribution in [3.63, 3.8) is 0 Å². The van der Waals surface area contributed by atoms with Crippen LogP contribution in [0.2, 0.25) is 10.0 Å². The Balaban J connectivity index is 1.73. The molecule has 0 aliphatic heterocycles. The van der Waals surface area contributed by atoms with Gasteiger partial charge in [-0.15, -0.1) is 10.2 Å². The van der Waals surface area contributed by atoms with E-state index in [9.17, 15) is 9.90 Å². The van der Waals surface area contributed by atoms with E-state index < -0.39 is 5.97 Å². The summed E-state index contributed by atoms with van der Waals surface area (Å²) in [6.45, 7) is 2.17. The Morgan fingerprint density at radius 1 is 1.21 bits per heavy atom. The van der Waals surface area contributed by atoms with Crippen molar-refractivity contribution >= 4 is 47.0 Å². The Bertz CT molecular complexity index is 1050. The monoisotopic (exact) mass is 450 g/mol. The Labute approximate surface area is 181 Å². The van der Waals surface area contributed by atoms with Crippen LogP contribution in [-0.2, 0) is 17.8 Å². The molecule has 0 atom stereocenters. The van der Waals surface area contributed by atoms with Gasteiger partial charge in [0.25, 0.3) is 5.22 Å². The van der Waals surface area contributed by atoms with Crippen molar-refractivity contribution in [3.8, 4) is 5.75 Å². The van der Waals surface area contributed by atoms with Gasteiger partial charge in [0.05, 0.1) is 10.0 Å². The first kappa shape index (κ1) is 21.2. The topological polar surface area (TPSA) is 85.5 Å². The van der Waals surface area contributed by atoms with E-state index in [1.54, 1.807) is 36.4 Å². The van der Waals surface area contributed by atoms with E-state index in [0.717, 1.165) is 17.3 Å². The molecule has 0 aliphatic carbocycles. The molecule has 0 saturated heterocycles. The predicted molar refractivity (Wildman–Crippen MR) is 112 cm³/mol. The average Bonchev–Trinajstić information content (AvgIpc) is 3.16. The van der Waals surface area contributed by atoms with E-state index >= 15 is 0 Å². The Hall–Kier alpha value is -2.48. The highest BCUT2D eigenvalue weighted by atomic mass is 35.5. The normalized spacial score (nSPS) is 11.5. The van der Waals surface area contributed by atoms with E-state index in [0.29, 0.717) is 40.3 Å². The first-order valence-electron chi connectivity index (χ1n) is 8.56. The quantitative estimate of drug-likeness (QED) is 0.346. The highest BCUT2D eigenvalue weighted by molar-refractivity contribution is 8.03. The van der Waals surface area contributed by atoms with E-state index in [2.05, 4.69) is 10.2 Å². The molecular formula is C20H16Cl2N2O4S. The number of ether oxygens (including phenoxy) is 1. The van der Waals surface area contributed by atoms with Gasteiger partial charge in [0.15, 0.2) is 0 Å². The summed E-state index contributed by atoms with van der Waals surface area (Å²) < 4.78 is 11.2. The fraction of sp³-hybridized carbons (Fsp3) is 0.150. The van der Waals surface area contributed by atoms with Gasteiger partial charge < -0.3 is 14.3 Å². The second-order valence-corrected chi connectivity index (χ2v) is 7.65. The molecule has 0 radical (unpaired) electrons. The number of halogens is 2. The Morgan fingerprint density at radius 2 is 2.03 bits per heavy atom. The molecule has 0 aliphatic rings. The van der Waals surface area contributed by atoms with Gasteiger partial charge in [-0.25, -0.2) is 4.79 Å². The number of aryl methyl sites for hydroxylation is 1. The van der Waals surface area contributed by atoms with Gasteiger partial charge in [-0.05, 0) is 53.2 Å². The lowest BCUT2D eigenvalue weighted by molar-refractivity contribution is -0.131. The number of carbonyl (C=O) groups is 1. The summed E-state index contributed by atoms with van der Waals surface area (Å²) >= 11 is 12.8. The van der Waals surface area contributed by atoms with Crippen molar-refractivity contribution in [2.24, 2.45) is 0 Å². The highest BCUT2D eigenvalue weighted by Gasteiger charge is 2.15. The number of carboxylic acid groups (broad SMARTS) is 1. The molecule has 0 bridgehead atoms. The van der Waals surface area contributed by atoms with E-state index in [-0.39, 0.29) is 10.1 Å². The Kier molecular flexibility index (Phi) is 7.19. The molecule has 0 amide bonds. The van der Waals surface area contributed by atoms with Crippen LogP contribution in [0.15, 0.2) is 57.0 Å². The largest absolute Gasteiger partial charge is 0.489 e. The van der Waals surface area contributed by atoms with Crippen LogP contribution in [0.3, 0.4) is 0 Å². The summed E-state index contributed by atoms with van der Waals surface area (Å²) in [6, 6.07) is 12.4. The maximum absolute atomic E-state index is 11.6. The summed E-state index contributed by atoms with van der Waals surface area (Å²) in [6.07, 6.45) is 2.10. The summed E-state index contributed by atoms with van der Waals surface area (Å²) in [5.74, 6) is -0.0473. The van der Waals surface area contributed by atoms with Crippen molar-refractivity contribution in [1.82, 2.24) is 10.2 Å². The van der Waals surface area contributed by atoms with Crippen LogP contribution in [0.25, 0.3) is 6.08 Å². The second kappa shape index (κ2) is 9.82. The number of nitrogens with zero attached hydrogens (tertiary/aromatic N) is 2. The van der Waals surface area contributed by atoms with Crippen LogP contribution in [0.4, 0.5) is 0 Å². The molecule has 1 aromatic heterocycles. The second-order valence-electron chi connectivity index (χ2n) is 5.84. The van der Waals surface area contributed by atoms with Gasteiger partial charge in [-0.1, -0.05) is 48.3 Å². The minimum absolute atomic E-state index is 0.0536. The van der Waals surface area contributed by atoms with Gasteiger partial charge in [-0.3, -0.25) is 0 Å². The molecule has 0 fully saturated rings. The molecule has 0 saturated carbocycles. The number of hydrogen-bond donors (Lipinski definition) is 1. The molecule has 2 aromatic carbocycles. The SMILES string of the molecule is CCc1nnc(S/C(=C\c2cccc(OCc3ccc(Cl)c(Cl)c3)c2)C(=O)O)o1. The molecule has 1 heterocycles. The van der Waals surface area contributed by atoms with Crippen molar-refractivity contribution in [3.05, 3.63) is 74.4 Å². The Morgan fingerprint density at radius 3 is 2.72 bits per heavy atom. The van der Waals surface area contributed by atoms with Crippen LogP contribution < -0.4 is 4.74 Å². The number of thioether (sulfide) groups is 1. The lowest BCUT2D eigenvalue weighted by atomic mass is 10.2. The van der Waals surface area contributed by atoms with E-state index in [1.165, 1.54) is 6.08 Å². The fourth-order valence-electron chi connectivity index (χ4n) is 2.29. The lowest BCUT2D eigenvalue weighted by Gasteiger charge is -2.08.